The largest absolute Gasteiger partial charge is 0.484 e. The number of carbonyl (C=O) groups excluding carboxylic acids is 3. The van der Waals surface area contributed by atoms with Gasteiger partial charge in [0.05, 0.1) is 0 Å². The lowest BCUT2D eigenvalue weighted by molar-refractivity contribution is -0.139. The number of benzene rings is 3. The number of carboxylic acid groups (broad SMARTS) is 1. The molecule has 0 spiro atoms. The zero-order valence-electron chi connectivity index (χ0n) is 31.5. The minimum atomic E-state index is -1.32. The Hall–Kier alpha value is -6.91. The molecule has 57 heavy (non-hydrogen) atoms. The van der Waals surface area contributed by atoms with Crippen molar-refractivity contribution in [2.75, 3.05) is 39.6 Å². The Morgan fingerprint density at radius 3 is 2.12 bits per heavy atom. The Morgan fingerprint density at radius 1 is 0.842 bits per heavy atom. The van der Waals surface area contributed by atoms with Crippen LogP contribution < -0.4 is 26.6 Å². The molecule has 0 aliphatic heterocycles. The maximum Gasteiger partial charge on any atom is 0.413 e. The average molecular weight is 782 g/mol. The van der Waals surface area contributed by atoms with Crippen LogP contribution in [0.5, 0.6) is 5.75 Å². The first-order chi connectivity index (χ1) is 27.6. The molecule has 17 nitrogen and oxygen atoms in total. The minimum absolute atomic E-state index is 0.0244. The van der Waals surface area contributed by atoms with Gasteiger partial charge in [-0.15, -0.1) is 0 Å². The van der Waals surface area contributed by atoms with Gasteiger partial charge in [-0.3, -0.25) is 28.4 Å². The van der Waals surface area contributed by atoms with Gasteiger partial charge in [-0.05, 0) is 59.4 Å². The molecule has 1 aliphatic rings. The number of imidazole rings is 1. The first-order valence-electron chi connectivity index (χ1n) is 18.5. The molecule has 0 unspecified atom stereocenters. The number of hydrogen-bond acceptors (Lipinski definition) is 10. The summed E-state index contributed by atoms with van der Waals surface area (Å²) in [7, 11) is 0. The van der Waals surface area contributed by atoms with E-state index in [0.717, 1.165) is 27.2 Å². The predicted molar refractivity (Wildman–Crippen MR) is 208 cm³/mol. The summed E-state index contributed by atoms with van der Waals surface area (Å²) in [6.07, 6.45) is -0.579. The molecule has 0 atom stereocenters. The van der Waals surface area contributed by atoms with Crippen LogP contribution in [0, 0.1) is 0 Å². The molecule has 4 N–H and O–H groups in total. The summed E-state index contributed by atoms with van der Waals surface area (Å²) in [5, 5.41) is 14.4. The van der Waals surface area contributed by atoms with E-state index in [4.69, 9.17) is 14.2 Å². The molecule has 6 rings (SSSR count). The van der Waals surface area contributed by atoms with E-state index in [2.05, 4.69) is 20.6 Å². The second-order valence-corrected chi connectivity index (χ2v) is 13.2. The SMILES string of the molecule is CCCn1c(=O)c2[nH]c(-c3ccc(OCC(=O)NCCNC(=O)OCN(CC(=O)O)C(=O)OCC4c5ccccc5-c5ccccc54)cc3)nc2n(CCC)c1=O. The van der Waals surface area contributed by atoms with Crippen LogP contribution in [0.3, 0.4) is 0 Å². The fourth-order valence-electron chi connectivity index (χ4n) is 6.62. The third-order valence-corrected chi connectivity index (χ3v) is 9.24. The van der Waals surface area contributed by atoms with E-state index in [1.165, 1.54) is 9.13 Å². The van der Waals surface area contributed by atoms with Crippen molar-refractivity contribution in [2.45, 2.75) is 45.7 Å². The number of carbonyl (C=O) groups is 4. The highest BCUT2D eigenvalue weighted by Crippen LogP contribution is 2.44. The second-order valence-electron chi connectivity index (χ2n) is 13.2. The first-order valence-corrected chi connectivity index (χ1v) is 18.5. The van der Waals surface area contributed by atoms with Crippen LogP contribution in [0.15, 0.2) is 82.4 Å². The molecule has 1 aliphatic carbocycles. The zero-order chi connectivity index (χ0) is 40.5. The Morgan fingerprint density at radius 2 is 1.47 bits per heavy atom. The maximum atomic E-state index is 13.0. The third kappa shape index (κ3) is 9.15. The van der Waals surface area contributed by atoms with Gasteiger partial charge in [-0.2, -0.15) is 0 Å². The second kappa shape index (κ2) is 18.1. The molecule has 17 heteroatoms. The standard InChI is InChI=1S/C40H43N7O10/c1-3-19-46-36-34(37(51)47(20-4-2)39(46)53)43-35(44-36)25-13-15-26(16-14-25)55-23-32(48)41-17-18-42-38(52)57-24-45(21-33(49)50)40(54)56-22-31-29-11-7-5-9-27(29)28-10-6-8-12-30(28)31/h5-16,31H,3-4,17-24H2,1-2H3,(H,41,48)(H,42,52)(H,43,44)(H,49,50). The number of carboxylic acids is 1. The minimum Gasteiger partial charge on any atom is -0.484 e. The Balaban J connectivity index is 0.931. The summed E-state index contributed by atoms with van der Waals surface area (Å²) < 4.78 is 18.9. The van der Waals surface area contributed by atoms with Crippen molar-refractivity contribution in [3.63, 3.8) is 0 Å². The molecule has 0 fully saturated rings. The van der Waals surface area contributed by atoms with Gasteiger partial charge in [-0.25, -0.2) is 19.4 Å². The van der Waals surface area contributed by atoms with Gasteiger partial charge in [-0.1, -0.05) is 62.4 Å². The number of amides is 3. The Bertz CT molecular complexity index is 2340. The van der Waals surface area contributed by atoms with E-state index >= 15 is 0 Å². The number of alkyl carbamates (subject to hydrolysis) is 1. The Kier molecular flexibility index (Phi) is 12.7. The predicted octanol–water partition coefficient (Wildman–Crippen LogP) is 3.89. The number of nitrogens with zero attached hydrogens (tertiary/aromatic N) is 4. The highest BCUT2D eigenvalue weighted by Gasteiger charge is 2.30. The van der Waals surface area contributed by atoms with Crippen molar-refractivity contribution >= 4 is 35.2 Å². The van der Waals surface area contributed by atoms with E-state index in [1.54, 1.807) is 24.3 Å². The molecule has 0 saturated carbocycles. The topological polar surface area (TPSA) is 216 Å². The fourth-order valence-corrected chi connectivity index (χ4v) is 6.62. The Labute approximate surface area is 326 Å². The summed E-state index contributed by atoms with van der Waals surface area (Å²) in [6, 6.07) is 22.2. The molecule has 0 saturated heterocycles. The van der Waals surface area contributed by atoms with Crippen LogP contribution in [0.1, 0.15) is 43.7 Å². The maximum absolute atomic E-state index is 13.0. The number of aromatic nitrogens is 4. The zero-order valence-corrected chi connectivity index (χ0v) is 31.5. The summed E-state index contributed by atoms with van der Waals surface area (Å²) in [4.78, 5) is 83.5. The summed E-state index contributed by atoms with van der Waals surface area (Å²) >= 11 is 0. The number of ether oxygens (including phenoxy) is 3. The van der Waals surface area contributed by atoms with E-state index in [9.17, 15) is 33.9 Å². The van der Waals surface area contributed by atoms with Crippen LogP contribution >= 0.6 is 0 Å². The van der Waals surface area contributed by atoms with Gasteiger partial charge in [0.25, 0.3) is 11.5 Å². The number of aryl methyl sites for hydroxylation is 1. The van der Waals surface area contributed by atoms with Gasteiger partial charge in [0, 0.05) is 37.7 Å². The number of nitrogens with one attached hydrogen (secondary N) is 3. The van der Waals surface area contributed by atoms with Crippen molar-refractivity contribution in [1.29, 1.82) is 0 Å². The van der Waals surface area contributed by atoms with E-state index in [1.807, 2.05) is 62.4 Å². The van der Waals surface area contributed by atoms with Crippen LogP contribution in [-0.4, -0.2) is 92.8 Å². The average Bonchev–Trinajstić information content (AvgIpc) is 3.80. The molecule has 0 radical (unpaired) electrons. The van der Waals surface area contributed by atoms with Crippen LogP contribution in [0.25, 0.3) is 33.7 Å². The molecule has 5 aromatic rings. The molecule has 2 aromatic heterocycles. The van der Waals surface area contributed by atoms with Crippen molar-refractivity contribution in [1.82, 2.24) is 34.6 Å². The van der Waals surface area contributed by atoms with Gasteiger partial charge in [0.15, 0.2) is 19.0 Å². The van der Waals surface area contributed by atoms with Gasteiger partial charge in [0.1, 0.15) is 30.2 Å². The number of aromatic amines is 1. The van der Waals surface area contributed by atoms with Crippen LogP contribution in [-0.2, 0) is 32.2 Å². The fraction of sp³-hybridized carbons (Fsp3) is 0.325. The lowest BCUT2D eigenvalue weighted by Crippen LogP contribution is -2.41. The van der Waals surface area contributed by atoms with Crippen molar-refractivity contribution < 1.29 is 38.5 Å². The summed E-state index contributed by atoms with van der Waals surface area (Å²) in [5.74, 6) is -1.23. The number of hydrogen-bond donors (Lipinski definition) is 4. The lowest BCUT2D eigenvalue weighted by Gasteiger charge is -2.22. The highest BCUT2D eigenvalue weighted by atomic mass is 16.6. The van der Waals surface area contributed by atoms with Gasteiger partial charge < -0.3 is 34.9 Å². The number of rotatable bonds is 17. The first kappa shape index (κ1) is 39.8. The lowest BCUT2D eigenvalue weighted by atomic mass is 9.98. The van der Waals surface area contributed by atoms with Gasteiger partial charge in [0.2, 0.25) is 0 Å². The highest BCUT2D eigenvalue weighted by molar-refractivity contribution is 5.80. The molecular weight excluding hydrogens is 738 g/mol. The molecule has 3 amide bonds. The molecule has 3 aromatic carbocycles. The van der Waals surface area contributed by atoms with Crippen molar-refractivity contribution in [3.8, 4) is 28.3 Å². The summed E-state index contributed by atoms with van der Waals surface area (Å²) in [6.45, 7) is 2.74. The molecule has 0 bridgehead atoms. The van der Waals surface area contributed by atoms with Crippen molar-refractivity contribution in [3.05, 3.63) is 105 Å². The van der Waals surface area contributed by atoms with Gasteiger partial charge >= 0.3 is 23.8 Å². The normalized spacial score (nSPS) is 11.8. The summed E-state index contributed by atoms with van der Waals surface area (Å²) in [5.41, 5.74) is 4.43. The monoisotopic (exact) mass is 781 g/mol. The van der Waals surface area contributed by atoms with E-state index in [0.29, 0.717) is 48.7 Å². The molecule has 2 heterocycles. The number of H-pyrrole nitrogens is 1. The smallest absolute Gasteiger partial charge is 0.413 e. The van der Waals surface area contributed by atoms with Crippen LogP contribution in [0.4, 0.5) is 9.59 Å². The molecular formula is C40H43N7O10. The van der Waals surface area contributed by atoms with E-state index < -0.39 is 42.9 Å². The number of fused-ring (bicyclic) bond motifs is 4. The number of aliphatic carboxylic acids is 1. The third-order valence-electron chi connectivity index (χ3n) is 9.24. The van der Waals surface area contributed by atoms with Crippen LogP contribution in [0.2, 0.25) is 0 Å². The van der Waals surface area contributed by atoms with Crippen molar-refractivity contribution in [2.24, 2.45) is 0 Å². The molecule has 298 valence electrons. The quantitative estimate of drug-likeness (QED) is 0.0784. The van der Waals surface area contributed by atoms with E-state index in [-0.39, 0.29) is 43.4 Å².